The second-order valence-electron chi connectivity index (χ2n) is 7.37. The third-order valence-electron chi connectivity index (χ3n) is 4.63. The lowest BCUT2D eigenvalue weighted by Crippen LogP contribution is -2.41. The predicted octanol–water partition coefficient (Wildman–Crippen LogP) is 3.78. The highest BCUT2D eigenvalue weighted by molar-refractivity contribution is 14.0. The first-order valence-electron chi connectivity index (χ1n) is 9.84. The second-order valence-corrected chi connectivity index (χ2v) is 7.37. The van der Waals surface area contributed by atoms with Gasteiger partial charge in [0.1, 0.15) is 0 Å². The molecule has 1 saturated heterocycles. The van der Waals surface area contributed by atoms with Gasteiger partial charge in [0, 0.05) is 39.2 Å². The molecule has 0 aromatic heterocycles. The molecule has 1 aromatic carbocycles. The molecule has 27 heavy (non-hydrogen) atoms. The van der Waals surface area contributed by atoms with E-state index in [2.05, 4.69) is 53.3 Å². The summed E-state index contributed by atoms with van der Waals surface area (Å²) in [6.07, 6.45) is 2.27. The van der Waals surface area contributed by atoms with E-state index in [9.17, 15) is 0 Å². The van der Waals surface area contributed by atoms with Gasteiger partial charge in [-0.3, -0.25) is 4.99 Å². The number of guanidine groups is 1. The molecule has 1 N–H and O–H groups in total. The largest absolute Gasteiger partial charge is 0.380 e. The molecule has 0 saturated carbocycles. The number of likely N-dealkylation sites (tertiary alicyclic amines) is 1. The van der Waals surface area contributed by atoms with Gasteiger partial charge in [-0.2, -0.15) is 0 Å². The average Bonchev–Trinajstić information content (AvgIpc) is 3.10. The molecule has 0 spiro atoms. The number of halogens is 1. The summed E-state index contributed by atoms with van der Waals surface area (Å²) in [7, 11) is 1.85. The van der Waals surface area contributed by atoms with E-state index in [1.54, 1.807) is 0 Å². The monoisotopic (exact) mass is 489 g/mol. The van der Waals surface area contributed by atoms with Gasteiger partial charge in [0.15, 0.2) is 5.96 Å². The third-order valence-corrected chi connectivity index (χ3v) is 4.63. The summed E-state index contributed by atoms with van der Waals surface area (Å²) in [6, 6.07) is 10.4. The Morgan fingerprint density at radius 3 is 2.70 bits per heavy atom. The van der Waals surface area contributed by atoms with Crippen LogP contribution in [0.15, 0.2) is 35.3 Å². The van der Waals surface area contributed by atoms with E-state index in [0.717, 1.165) is 58.3 Å². The molecule has 1 unspecified atom stereocenters. The zero-order chi connectivity index (χ0) is 18.6. The molecule has 0 aliphatic carbocycles. The maximum Gasteiger partial charge on any atom is 0.193 e. The van der Waals surface area contributed by atoms with Crippen LogP contribution >= 0.6 is 24.0 Å². The van der Waals surface area contributed by atoms with Crippen LogP contribution in [0.4, 0.5) is 0 Å². The molecule has 1 heterocycles. The molecular formula is C21H36IN3O2. The second kappa shape index (κ2) is 14.2. The normalized spacial score (nSPS) is 17.3. The topological polar surface area (TPSA) is 46.1 Å². The summed E-state index contributed by atoms with van der Waals surface area (Å²) < 4.78 is 11.6. The number of nitrogens with zero attached hydrogens (tertiary/aromatic N) is 2. The molecule has 0 amide bonds. The van der Waals surface area contributed by atoms with Crippen LogP contribution in [0.3, 0.4) is 0 Å². The molecule has 154 valence electrons. The summed E-state index contributed by atoms with van der Waals surface area (Å²) in [4.78, 5) is 6.74. The first-order chi connectivity index (χ1) is 12.7. The minimum Gasteiger partial charge on any atom is -0.380 e. The van der Waals surface area contributed by atoms with Gasteiger partial charge >= 0.3 is 0 Å². The number of aliphatic imine (C=N–C) groups is 1. The zero-order valence-electron chi connectivity index (χ0n) is 17.0. The van der Waals surface area contributed by atoms with Crippen LogP contribution in [-0.4, -0.2) is 57.4 Å². The fourth-order valence-corrected chi connectivity index (χ4v) is 3.07. The number of hydrogen-bond acceptors (Lipinski definition) is 3. The van der Waals surface area contributed by atoms with Gasteiger partial charge in [0.05, 0.1) is 19.8 Å². The van der Waals surface area contributed by atoms with E-state index >= 15 is 0 Å². The van der Waals surface area contributed by atoms with Crippen molar-refractivity contribution in [3.05, 3.63) is 35.9 Å². The fourth-order valence-electron chi connectivity index (χ4n) is 3.07. The van der Waals surface area contributed by atoms with Crippen molar-refractivity contribution < 1.29 is 9.47 Å². The quantitative estimate of drug-likeness (QED) is 0.235. The van der Waals surface area contributed by atoms with Gasteiger partial charge in [-0.1, -0.05) is 44.2 Å². The summed E-state index contributed by atoms with van der Waals surface area (Å²) in [5.74, 6) is 2.24. The Balaban J connectivity index is 0.00000364. The van der Waals surface area contributed by atoms with E-state index in [1.165, 1.54) is 5.56 Å². The Hall–Kier alpha value is -0.860. The van der Waals surface area contributed by atoms with Crippen LogP contribution < -0.4 is 5.32 Å². The molecule has 0 radical (unpaired) electrons. The predicted molar refractivity (Wildman–Crippen MR) is 123 cm³/mol. The average molecular weight is 489 g/mol. The van der Waals surface area contributed by atoms with Gasteiger partial charge in [0.25, 0.3) is 0 Å². The first kappa shape index (κ1) is 24.2. The molecule has 1 atom stereocenters. The first-order valence-corrected chi connectivity index (χ1v) is 9.84. The van der Waals surface area contributed by atoms with Crippen molar-refractivity contribution in [2.45, 2.75) is 33.3 Å². The van der Waals surface area contributed by atoms with Crippen LogP contribution in [0.2, 0.25) is 0 Å². The summed E-state index contributed by atoms with van der Waals surface area (Å²) >= 11 is 0. The number of nitrogens with one attached hydrogen (secondary N) is 1. The minimum atomic E-state index is 0. The molecule has 1 fully saturated rings. The van der Waals surface area contributed by atoms with Crippen molar-refractivity contribution in [2.75, 3.05) is 46.5 Å². The van der Waals surface area contributed by atoms with E-state index in [-0.39, 0.29) is 24.0 Å². The van der Waals surface area contributed by atoms with Gasteiger partial charge < -0.3 is 19.7 Å². The summed E-state index contributed by atoms with van der Waals surface area (Å²) in [5.41, 5.74) is 1.23. The number of ether oxygens (including phenoxy) is 2. The number of rotatable bonds is 10. The molecule has 6 heteroatoms. The van der Waals surface area contributed by atoms with Crippen LogP contribution in [0, 0.1) is 11.8 Å². The van der Waals surface area contributed by atoms with Crippen molar-refractivity contribution in [3.8, 4) is 0 Å². The van der Waals surface area contributed by atoms with Crippen molar-refractivity contribution in [1.29, 1.82) is 0 Å². The highest BCUT2D eigenvalue weighted by Gasteiger charge is 2.24. The van der Waals surface area contributed by atoms with Gasteiger partial charge in [0.2, 0.25) is 0 Å². The van der Waals surface area contributed by atoms with Crippen LogP contribution in [0.1, 0.15) is 32.3 Å². The van der Waals surface area contributed by atoms with Crippen LogP contribution in [0.5, 0.6) is 0 Å². The Kier molecular flexibility index (Phi) is 12.7. The van der Waals surface area contributed by atoms with Gasteiger partial charge in [-0.05, 0) is 24.3 Å². The molecule has 0 bridgehead atoms. The highest BCUT2D eigenvalue weighted by atomic mass is 127. The maximum atomic E-state index is 5.90. The molecular weight excluding hydrogens is 453 g/mol. The minimum absolute atomic E-state index is 0. The Bertz CT molecular complexity index is 525. The smallest absolute Gasteiger partial charge is 0.193 e. The Labute approximate surface area is 181 Å². The van der Waals surface area contributed by atoms with Crippen molar-refractivity contribution in [1.82, 2.24) is 10.2 Å². The summed E-state index contributed by atoms with van der Waals surface area (Å²) in [5, 5.41) is 3.41. The van der Waals surface area contributed by atoms with Crippen molar-refractivity contribution in [3.63, 3.8) is 0 Å². The van der Waals surface area contributed by atoms with Crippen LogP contribution in [0.25, 0.3) is 0 Å². The standard InChI is InChI=1S/C21H35N3O2.HI/c1-18(2)10-13-25-14-11-23-21(22-3)24-12-9-20(15-24)17-26-16-19-7-5-4-6-8-19;/h4-8,18,20H,9-17H2,1-3H3,(H,22,23);1H. The van der Waals surface area contributed by atoms with Crippen molar-refractivity contribution in [2.24, 2.45) is 16.8 Å². The summed E-state index contributed by atoms with van der Waals surface area (Å²) in [6.45, 7) is 10.3. The SMILES string of the molecule is CN=C(NCCOCCC(C)C)N1CCC(COCc2ccccc2)C1.I. The van der Waals surface area contributed by atoms with Crippen LogP contribution in [-0.2, 0) is 16.1 Å². The molecule has 1 aliphatic rings. The van der Waals surface area contributed by atoms with Gasteiger partial charge in [-0.25, -0.2) is 0 Å². The molecule has 5 nitrogen and oxygen atoms in total. The maximum absolute atomic E-state index is 5.90. The third kappa shape index (κ3) is 9.76. The number of benzene rings is 1. The molecule has 1 aliphatic heterocycles. The van der Waals surface area contributed by atoms with Crippen molar-refractivity contribution >= 4 is 29.9 Å². The fraction of sp³-hybridized carbons (Fsp3) is 0.667. The van der Waals surface area contributed by atoms with E-state index in [4.69, 9.17) is 9.47 Å². The lowest BCUT2D eigenvalue weighted by molar-refractivity contribution is 0.0906. The lowest BCUT2D eigenvalue weighted by Gasteiger charge is -2.21. The van der Waals surface area contributed by atoms with E-state index < -0.39 is 0 Å². The van der Waals surface area contributed by atoms with E-state index in [0.29, 0.717) is 18.4 Å². The Morgan fingerprint density at radius 2 is 2.00 bits per heavy atom. The Morgan fingerprint density at radius 1 is 1.22 bits per heavy atom. The zero-order valence-corrected chi connectivity index (χ0v) is 19.4. The number of hydrogen-bond donors (Lipinski definition) is 1. The molecule has 2 rings (SSSR count). The highest BCUT2D eigenvalue weighted by Crippen LogP contribution is 2.17. The molecule has 1 aromatic rings. The van der Waals surface area contributed by atoms with E-state index in [1.807, 2.05) is 13.1 Å². The lowest BCUT2D eigenvalue weighted by atomic mass is 10.1. The van der Waals surface area contributed by atoms with Gasteiger partial charge in [-0.15, -0.1) is 24.0 Å².